The van der Waals surface area contributed by atoms with E-state index in [1.165, 1.54) is 0 Å². The summed E-state index contributed by atoms with van der Waals surface area (Å²) in [6, 6.07) is 3.40. The molecule has 8 heteroatoms. The van der Waals surface area contributed by atoms with Crippen LogP contribution in [0.2, 0.25) is 18.1 Å². The van der Waals surface area contributed by atoms with Gasteiger partial charge in [-0.3, -0.25) is 0 Å². The zero-order chi connectivity index (χ0) is 18.9. The van der Waals surface area contributed by atoms with Gasteiger partial charge in [0.1, 0.15) is 6.23 Å². The monoisotopic (exact) mass is 385 g/mol. The molecule has 1 saturated heterocycles. The van der Waals surface area contributed by atoms with Gasteiger partial charge in [-0.25, -0.2) is 0 Å². The normalized spacial score (nSPS) is 21.7. The van der Waals surface area contributed by atoms with Crippen molar-refractivity contribution >= 4 is 8.32 Å². The molecule has 2 rings (SSSR count). The molecule has 1 aliphatic carbocycles. The molecule has 7 nitrogen and oxygen atoms in total. The van der Waals surface area contributed by atoms with E-state index in [9.17, 15) is 0 Å². The van der Waals surface area contributed by atoms with Crippen molar-refractivity contribution in [2.75, 3.05) is 26.4 Å². The second-order valence-corrected chi connectivity index (χ2v) is 12.2. The summed E-state index contributed by atoms with van der Waals surface area (Å²) in [4.78, 5) is 2.97. The second-order valence-electron chi connectivity index (χ2n) is 7.41. The first-order valence-electron chi connectivity index (χ1n) is 10.2. The molecule has 1 unspecified atom stereocenters. The van der Waals surface area contributed by atoms with Crippen molar-refractivity contribution in [1.29, 1.82) is 0 Å². The number of rotatable bonds is 11. The van der Waals surface area contributed by atoms with Gasteiger partial charge in [0.25, 0.3) is 0 Å². The lowest BCUT2D eigenvalue weighted by Gasteiger charge is -2.36. The molecule has 0 radical (unpaired) electrons. The minimum Gasteiger partial charge on any atom is -0.414 e. The van der Waals surface area contributed by atoms with E-state index in [0.717, 1.165) is 50.2 Å². The molecular weight excluding hydrogens is 350 g/mol. The Kier molecular flexibility index (Phi) is 8.86. The van der Waals surface area contributed by atoms with Crippen LogP contribution in [0.3, 0.4) is 0 Å². The molecular formula is C18H35N3O4Si. The zero-order valence-corrected chi connectivity index (χ0v) is 17.6. The van der Waals surface area contributed by atoms with E-state index in [-0.39, 0.29) is 5.79 Å². The van der Waals surface area contributed by atoms with Crippen LogP contribution in [0.15, 0.2) is 5.11 Å². The van der Waals surface area contributed by atoms with Crippen molar-refractivity contribution in [3.8, 4) is 0 Å². The first kappa shape index (κ1) is 21.7. The van der Waals surface area contributed by atoms with Crippen LogP contribution in [0.1, 0.15) is 52.9 Å². The topological polar surface area (TPSA) is 85.7 Å². The highest BCUT2D eigenvalue weighted by Crippen LogP contribution is 2.40. The van der Waals surface area contributed by atoms with Crippen molar-refractivity contribution in [2.45, 2.75) is 83.0 Å². The molecule has 1 aliphatic heterocycles. The van der Waals surface area contributed by atoms with Gasteiger partial charge in [0.2, 0.25) is 0 Å². The van der Waals surface area contributed by atoms with Crippen LogP contribution in [-0.4, -0.2) is 46.8 Å². The quantitative estimate of drug-likeness (QED) is 0.165. The van der Waals surface area contributed by atoms with Gasteiger partial charge in [-0.05, 0) is 48.8 Å². The average molecular weight is 386 g/mol. The highest BCUT2D eigenvalue weighted by molar-refractivity contribution is 6.73. The highest BCUT2D eigenvalue weighted by atomic mass is 28.4. The lowest BCUT2D eigenvalue weighted by molar-refractivity contribution is -0.183. The van der Waals surface area contributed by atoms with Crippen LogP contribution in [0.4, 0.5) is 0 Å². The van der Waals surface area contributed by atoms with Crippen molar-refractivity contribution in [3.63, 3.8) is 0 Å². The molecule has 0 N–H and O–H groups in total. The number of azide groups is 1. The van der Waals surface area contributed by atoms with Gasteiger partial charge in [-0.1, -0.05) is 25.9 Å². The van der Waals surface area contributed by atoms with E-state index in [1.54, 1.807) is 0 Å². The molecule has 0 amide bonds. The Morgan fingerprint density at radius 1 is 1.12 bits per heavy atom. The Labute approximate surface area is 158 Å². The Morgan fingerprint density at radius 3 is 2.27 bits per heavy atom. The summed E-state index contributed by atoms with van der Waals surface area (Å²) in [6.07, 6.45) is 4.24. The lowest BCUT2D eigenvalue weighted by atomic mass is 9.83. The molecule has 2 aliphatic rings. The predicted molar refractivity (Wildman–Crippen MR) is 103 cm³/mol. The minimum atomic E-state index is -1.58. The third-order valence-corrected chi connectivity index (χ3v) is 10.8. The van der Waals surface area contributed by atoms with E-state index in [4.69, 9.17) is 24.2 Å². The maximum absolute atomic E-state index is 8.85. The average Bonchev–Trinajstić information content (AvgIpc) is 3.13. The standard InChI is InChI=1S/C18H35N3O4Si/c1-4-26(5-2,6-3)25-14-11-22-17(20-21-19)15-16-7-9-18(10-8-16)23-12-13-24-18/h16-17H,4-15H2,1-3H3. The van der Waals surface area contributed by atoms with Crippen molar-refractivity contribution in [1.82, 2.24) is 0 Å². The Balaban J connectivity index is 1.72. The van der Waals surface area contributed by atoms with E-state index in [1.807, 2.05) is 0 Å². The largest absolute Gasteiger partial charge is 0.414 e. The maximum Gasteiger partial charge on any atom is 0.192 e. The number of hydrogen-bond donors (Lipinski definition) is 0. The van der Waals surface area contributed by atoms with Gasteiger partial charge < -0.3 is 18.6 Å². The van der Waals surface area contributed by atoms with Crippen LogP contribution in [0.25, 0.3) is 10.4 Å². The SMILES string of the molecule is CC[Si](CC)(CC)OCCOC(CC1CCC2(CC1)OCCO2)N=[N+]=[N-]. The van der Waals surface area contributed by atoms with Gasteiger partial charge in [-0.2, -0.15) is 0 Å². The van der Waals surface area contributed by atoms with Gasteiger partial charge >= 0.3 is 0 Å². The van der Waals surface area contributed by atoms with Crippen molar-refractivity contribution < 1.29 is 18.6 Å². The fourth-order valence-corrected chi connectivity index (χ4v) is 6.76. The van der Waals surface area contributed by atoms with Crippen LogP contribution in [-0.2, 0) is 18.6 Å². The Hall–Kier alpha value is -0.633. The zero-order valence-electron chi connectivity index (χ0n) is 16.6. The molecule has 1 heterocycles. The molecule has 150 valence electrons. The van der Waals surface area contributed by atoms with Crippen LogP contribution in [0.5, 0.6) is 0 Å². The minimum absolute atomic E-state index is 0.340. The van der Waals surface area contributed by atoms with Crippen LogP contribution < -0.4 is 0 Å². The second kappa shape index (κ2) is 10.6. The Bertz CT molecular complexity index is 445. The first-order chi connectivity index (χ1) is 12.6. The fourth-order valence-electron chi connectivity index (χ4n) is 4.13. The fraction of sp³-hybridized carbons (Fsp3) is 1.00. The van der Waals surface area contributed by atoms with E-state index >= 15 is 0 Å². The molecule has 0 bridgehead atoms. The van der Waals surface area contributed by atoms with E-state index < -0.39 is 14.5 Å². The molecule has 0 aromatic carbocycles. The van der Waals surface area contributed by atoms with E-state index in [0.29, 0.717) is 32.3 Å². The summed E-state index contributed by atoms with van der Waals surface area (Å²) in [6.45, 7) is 9.14. The van der Waals surface area contributed by atoms with Gasteiger partial charge in [0, 0.05) is 17.8 Å². The van der Waals surface area contributed by atoms with Crippen molar-refractivity contribution in [2.24, 2.45) is 11.0 Å². The maximum atomic E-state index is 8.85. The molecule has 1 saturated carbocycles. The predicted octanol–water partition coefficient (Wildman–Crippen LogP) is 4.98. The summed E-state index contributed by atoms with van der Waals surface area (Å²) >= 11 is 0. The summed E-state index contributed by atoms with van der Waals surface area (Å²) in [7, 11) is -1.58. The highest BCUT2D eigenvalue weighted by Gasteiger charge is 2.40. The molecule has 0 aromatic rings. The number of hydrogen-bond acceptors (Lipinski definition) is 5. The molecule has 0 aromatic heterocycles. The molecule has 1 spiro atoms. The summed E-state index contributed by atoms with van der Waals surface area (Å²) in [5.74, 6) is 0.147. The van der Waals surface area contributed by atoms with Crippen LogP contribution >= 0.6 is 0 Å². The first-order valence-corrected chi connectivity index (χ1v) is 12.7. The third kappa shape index (κ3) is 5.94. The third-order valence-electron chi connectivity index (χ3n) is 6.13. The summed E-state index contributed by atoms with van der Waals surface area (Å²) < 4.78 is 23.6. The van der Waals surface area contributed by atoms with Gasteiger partial charge in [-0.15, -0.1) is 0 Å². The van der Waals surface area contributed by atoms with E-state index in [2.05, 4.69) is 30.8 Å². The number of nitrogens with zero attached hydrogens (tertiary/aromatic N) is 3. The number of ether oxygens (including phenoxy) is 3. The Morgan fingerprint density at radius 2 is 1.73 bits per heavy atom. The van der Waals surface area contributed by atoms with Gasteiger partial charge in [0.15, 0.2) is 14.1 Å². The van der Waals surface area contributed by atoms with Crippen LogP contribution in [0, 0.1) is 5.92 Å². The summed E-state index contributed by atoms with van der Waals surface area (Å²) in [5.41, 5.74) is 8.85. The lowest BCUT2D eigenvalue weighted by Crippen LogP contribution is -2.37. The molecule has 1 atom stereocenters. The smallest absolute Gasteiger partial charge is 0.192 e. The molecule has 26 heavy (non-hydrogen) atoms. The van der Waals surface area contributed by atoms with Gasteiger partial charge in [0.05, 0.1) is 26.4 Å². The molecule has 2 fully saturated rings. The summed E-state index contributed by atoms with van der Waals surface area (Å²) in [5, 5.41) is 3.85. The van der Waals surface area contributed by atoms with Crippen molar-refractivity contribution in [3.05, 3.63) is 10.4 Å².